The maximum absolute atomic E-state index is 13.1. The van der Waals surface area contributed by atoms with Crippen LogP contribution < -0.4 is 9.47 Å². The monoisotopic (exact) mass is 502 g/mol. The van der Waals surface area contributed by atoms with E-state index in [9.17, 15) is 8.42 Å². The second-order valence-electron chi connectivity index (χ2n) is 10.0. The van der Waals surface area contributed by atoms with Crippen molar-refractivity contribution in [1.82, 2.24) is 0 Å². The summed E-state index contributed by atoms with van der Waals surface area (Å²) in [4.78, 5) is 0.520. The summed E-state index contributed by atoms with van der Waals surface area (Å²) in [6.45, 7) is 10.5. The van der Waals surface area contributed by atoms with Crippen LogP contribution in [-0.2, 0) is 9.84 Å². The second-order valence-corrected chi connectivity index (χ2v) is 12.0. The van der Waals surface area contributed by atoms with Gasteiger partial charge in [-0.15, -0.1) is 0 Å². The fourth-order valence-electron chi connectivity index (χ4n) is 4.36. The number of hydrogen-bond acceptors (Lipinski definition) is 4. The Bertz CT molecular complexity index is 1430. The Morgan fingerprint density at radius 2 is 1.28 bits per heavy atom. The Morgan fingerprint density at radius 3 is 1.83 bits per heavy atom. The molecule has 0 N–H and O–H groups in total. The van der Waals surface area contributed by atoms with E-state index >= 15 is 0 Å². The lowest BCUT2D eigenvalue weighted by molar-refractivity contribution is 0.101. The standard InChI is InChI=1S/C31H34O4S/c1-6-21-31(4,5)35-30-12-8-9-27-28(30)10-7-11-29(27)34-24-15-19-26(20-16-24)36(32,33)25-17-13-23(14-18-25)22(2)3/h7-20,22H,6,21H2,1-5H3. The zero-order valence-corrected chi connectivity index (χ0v) is 22.4. The van der Waals surface area contributed by atoms with Crippen LogP contribution >= 0.6 is 0 Å². The second kappa shape index (κ2) is 10.4. The van der Waals surface area contributed by atoms with Gasteiger partial charge in [0.25, 0.3) is 0 Å². The highest BCUT2D eigenvalue weighted by molar-refractivity contribution is 7.91. The van der Waals surface area contributed by atoms with Crippen molar-refractivity contribution in [3.8, 4) is 17.2 Å². The van der Waals surface area contributed by atoms with Gasteiger partial charge in [-0.05, 0) is 80.3 Å². The van der Waals surface area contributed by atoms with Crippen molar-refractivity contribution in [2.24, 2.45) is 0 Å². The number of fused-ring (bicyclic) bond motifs is 1. The van der Waals surface area contributed by atoms with Gasteiger partial charge in [-0.2, -0.15) is 0 Å². The van der Waals surface area contributed by atoms with E-state index in [1.54, 1.807) is 36.4 Å². The SMILES string of the molecule is CCCC(C)(C)Oc1cccc2c(Oc3ccc(S(=O)(=O)c4ccc(C(C)C)cc4)cc3)cccc12. The Kier molecular flexibility index (Phi) is 7.41. The van der Waals surface area contributed by atoms with Gasteiger partial charge >= 0.3 is 0 Å². The maximum Gasteiger partial charge on any atom is 0.206 e. The molecule has 0 unspecified atom stereocenters. The van der Waals surface area contributed by atoms with Gasteiger partial charge in [-0.1, -0.05) is 63.6 Å². The van der Waals surface area contributed by atoms with Gasteiger partial charge in [-0.25, -0.2) is 8.42 Å². The fraction of sp³-hybridized carbons (Fsp3) is 0.290. The summed E-state index contributed by atoms with van der Waals surface area (Å²) in [7, 11) is -3.61. The summed E-state index contributed by atoms with van der Waals surface area (Å²) in [5, 5.41) is 1.91. The van der Waals surface area contributed by atoms with Crippen LogP contribution in [0.5, 0.6) is 17.2 Å². The molecule has 4 nitrogen and oxygen atoms in total. The first-order chi connectivity index (χ1) is 17.1. The van der Waals surface area contributed by atoms with Crippen LogP contribution in [0.4, 0.5) is 0 Å². The molecular formula is C31H34O4S. The van der Waals surface area contributed by atoms with Crippen LogP contribution in [0.2, 0.25) is 0 Å². The van der Waals surface area contributed by atoms with Gasteiger partial charge in [0.15, 0.2) is 0 Å². The Labute approximate surface area is 214 Å². The van der Waals surface area contributed by atoms with Crippen LogP contribution in [0, 0.1) is 0 Å². The molecule has 0 amide bonds. The fourth-order valence-corrected chi connectivity index (χ4v) is 5.62. The Morgan fingerprint density at radius 1 is 0.750 bits per heavy atom. The highest BCUT2D eigenvalue weighted by atomic mass is 32.2. The van der Waals surface area contributed by atoms with E-state index in [-0.39, 0.29) is 15.4 Å². The molecule has 0 aliphatic carbocycles. The molecule has 5 heteroatoms. The predicted octanol–water partition coefficient (Wildman–Crippen LogP) is 8.55. The number of benzene rings is 4. The van der Waals surface area contributed by atoms with E-state index in [2.05, 4.69) is 34.6 Å². The molecule has 0 aromatic heterocycles. The molecule has 4 aromatic rings. The normalized spacial score (nSPS) is 12.2. The van der Waals surface area contributed by atoms with Gasteiger partial charge in [0.2, 0.25) is 9.84 Å². The minimum atomic E-state index is -3.61. The number of sulfone groups is 1. The van der Waals surface area contributed by atoms with Gasteiger partial charge in [0.1, 0.15) is 22.8 Å². The minimum Gasteiger partial charge on any atom is -0.487 e. The van der Waals surface area contributed by atoms with E-state index in [0.29, 0.717) is 17.4 Å². The molecule has 0 atom stereocenters. The third-order valence-corrected chi connectivity index (χ3v) is 8.08. The predicted molar refractivity (Wildman–Crippen MR) is 146 cm³/mol. The summed E-state index contributed by atoms with van der Waals surface area (Å²) >= 11 is 0. The van der Waals surface area contributed by atoms with Gasteiger partial charge in [-0.3, -0.25) is 0 Å². The van der Waals surface area contributed by atoms with Crippen molar-refractivity contribution < 1.29 is 17.9 Å². The highest BCUT2D eigenvalue weighted by Crippen LogP contribution is 2.37. The van der Waals surface area contributed by atoms with Crippen molar-refractivity contribution in [2.75, 3.05) is 0 Å². The first-order valence-electron chi connectivity index (χ1n) is 12.4. The van der Waals surface area contributed by atoms with Crippen LogP contribution in [0.25, 0.3) is 10.8 Å². The third-order valence-electron chi connectivity index (χ3n) is 6.30. The van der Waals surface area contributed by atoms with Gasteiger partial charge < -0.3 is 9.47 Å². The van der Waals surface area contributed by atoms with Crippen LogP contribution in [0.1, 0.15) is 58.9 Å². The van der Waals surface area contributed by atoms with Gasteiger partial charge in [0, 0.05) is 10.8 Å². The van der Waals surface area contributed by atoms with Crippen LogP contribution in [-0.4, -0.2) is 14.0 Å². The Balaban J connectivity index is 1.58. The molecule has 0 spiro atoms. The number of rotatable bonds is 9. The van der Waals surface area contributed by atoms with E-state index in [1.807, 2.05) is 48.5 Å². The molecule has 0 heterocycles. The summed E-state index contributed by atoms with van der Waals surface area (Å²) < 4.78 is 38.7. The topological polar surface area (TPSA) is 52.6 Å². The minimum absolute atomic E-state index is 0.235. The van der Waals surface area contributed by atoms with Crippen molar-refractivity contribution in [3.63, 3.8) is 0 Å². The molecule has 188 valence electrons. The lowest BCUT2D eigenvalue weighted by atomic mass is 10.0. The smallest absolute Gasteiger partial charge is 0.206 e. The number of ether oxygens (including phenoxy) is 2. The van der Waals surface area contributed by atoms with E-state index in [1.165, 1.54) is 0 Å². The van der Waals surface area contributed by atoms with Gasteiger partial charge in [0.05, 0.1) is 9.79 Å². The van der Waals surface area contributed by atoms with Crippen molar-refractivity contribution in [3.05, 3.63) is 90.5 Å². The van der Waals surface area contributed by atoms with E-state index < -0.39 is 9.84 Å². The third kappa shape index (κ3) is 5.57. The molecule has 0 saturated carbocycles. The van der Waals surface area contributed by atoms with Crippen molar-refractivity contribution in [1.29, 1.82) is 0 Å². The lowest BCUT2D eigenvalue weighted by Crippen LogP contribution is -2.27. The van der Waals surface area contributed by atoms with Crippen LogP contribution in [0.3, 0.4) is 0 Å². The summed E-state index contributed by atoms with van der Waals surface area (Å²) in [6, 6.07) is 25.5. The average Bonchev–Trinajstić information content (AvgIpc) is 2.85. The quantitative estimate of drug-likeness (QED) is 0.230. The molecule has 0 radical (unpaired) electrons. The first-order valence-corrected chi connectivity index (χ1v) is 13.9. The number of hydrogen-bond donors (Lipinski definition) is 0. The molecule has 36 heavy (non-hydrogen) atoms. The molecule has 0 saturated heterocycles. The summed E-state index contributed by atoms with van der Waals surface area (Å²) in [5.41, 5.74) is 0.839. The molecule has 0 aliphatic rings. The molecule has 0 bridgehead atoms. The molecule has 4 aromatic carbocycles. The lowest BCUT2D eigenvalue weighted by Gasteiger charge is -2.27. The molecule has 0 aliphatic heterocycles. The first kappa shape index (κ1) is 25.8. The van der Waals surface area contributed by atoms with Crippen molar-refractivity contribution >= 4 is 20.6 Å². The molecule has 0 fully saturated rings. The molecular weight excluding hydrogens is 468 g/mol. The average molecular weight is 503 g/mol. The highest BCUT2D eigenvalue weighted by Gasteiger charge is 2.21. The zero-order valence-electron chi connectivity index (χ0n) is 21.6. The van der Waals surface area contributed by atoms with Crippen molar-refractivity contribution in [2.45, 2.75) is 68.8 Å². The summed E-state index contributed by atoms with van der Waals surface area (Å²) in [5.74, 6) is 2.42. The largest absolute Gasteiger partial charge is 0.487 e. The van der Waals surface area contributed by atoms with Crippen LogP contribution in [0.15, 0.2) is 94.7 Å². The molecule has 4 rings (SSSR count). The summed E-state index contributed by atoms with van der Waals surface area (Å²) in [6.07, 6.45) is 2.00. The Hall–Kier alpha value is -3.31. The van der Waals surface area contributed by atoms with E-state index in [0.717, 1.165) is 34.9 Å². The zero-order chi connectivity index (χ0) is 25.9. The maximum atomic E-state index is 13.1. The van der Waals surface area contributed by atoms with E-state index in [4.69, 9.17) is 9.47 Å².